The summed E-state index contributed by atoms with van der Waals surface area (Å²) in [7, 11) is 0. The third kappa shape index (κ3) is 4.76. The van der Waals surface area contributed by atoms with Crippen LogP contribution in [0.2, 0.25) is 5.02 Å². The number of carbonyl (C=O) groups excluding carboxylic acids is 1. The first-order valence-electron chi connectivity index (χ1n) is 6.03. The molecule has 1 aromatic carbocycles. The molecule has 20 heavy (non-hydrogen) atoms. The SMILES string of the molecule is CC(O)CNCCNC(=O)c1c(Cl)cccc1[N+](=O)[O-]. The van der Waals surface area contributed by atoms with Crippen LogP contribution in [0.3, 0.4) is 0 Å². The molecule has 0 radical (unpaired) electrons. The molecule has 0 aromatic heterocycles. The van der Waals surface area contributed by atoms with E-state index >= 15 is 0 Å². The van der Waals surface area contributed by atoms with Gasteiger partial charge in [0.1, 0.15) is 5.56 Å². The Morgan fingerprint density at radius 3 is 2.80 bits per heavy atom. The molecule has 0 bridgehead atoms. The van der Waals surface area contributed by atoms with Crippen molar-refractivity contribution >= 4 is 23.2 Å². The highest BCUT2D eigenvalue weighted by Gasteiger charge is 2.22. The van der Waals surface area contributed by atoms with Crippen molar-refractivity contribution in [1.29, 1.82) is 0 Å². The Balaban J connectivity index is 2.62. The number of aliphatic hydroxyl groups is 1. The minimum atomic E-state index is -0.646. The van der Waals surface area contributed by atoms with Crippen LogP contribution >= 0.6 is 11.6 Å². The number of benzene rings is 1. The van der Waals surface area contributed by atoms with E-state index in [4.69, 9.17) is 16.7 Å². The molecule has 0 aliphatic heterocycles. The monoisotopic (exact) mass is 301 g/mol. The second-order valence-electron chi connectivity index (χ2n) is 4.20. The second kappa shape index (κ2) is 7.78. The zero-order chi connectivity index (χ0) is 15.1. The number of nitrogens with zero attached hydrogens (tertiary/aromatic N) is 1. The number of nitrogens with one attached hydrogen (secondary N) is 2. The standard InChI is InChI=1S/C12H16ClN3O4/c1-8(17)7-14-5-6-15-12(18)11-9(13)3-2-4-10(11)16(19)20/h2-4,8,14,17H,5-7H2,1H3,(H,15,18). The molecule has 0 saturated heterocycles. The van der Waals surface area contributed by atoms with Crippen molar-refractivity contribution in [3.05, 3.63) is 38.9 Å². The van der Waals surface area contributed by atoms with Crippen LogP contribution < -0.4 is 10.6 Å². The van der Waals surface area contributed by atoms with Gasteiger partial charge in [-0.25, -0.2) is 0 Å². The van der Waals surface area contributed by atoms with Gasteiger partial charge in [-0.1, -0.05) is 17.7 Å². The highest BCUT2D eigenvalue weighted by molar-refractivity contribution is 6.34. The van der Waals surface area contributed by atoms with E-state index in [1.165, 1.54) is 18.2 Å². The molecule has 1 aromatic rings. The summed E-state index contributed by atoms with van der Waals surface area (Å²) in [6, 6.07) is 4.07. The molecule has 0 aliphatic carbocycles. The summed E-state index contributed by atoms with van der Waals surface area (Å²) in [6.07, 6.45) is -0.477. The van der Waals surface area contributed by atoms with Gasteiger partial charge in [-0.15, -0.1) is 0 Å². The maximum Gasteiger partial charge on any atom is 0.283 e. The Labute approximate surface area is 121 Å². The third-order valence-corrected chi connectivity index (χ3v) is 2.76. The molecule has 1 unspecified atom stereocenters. The van der Waals surface area contributed by atoms with Crippen molar-refractivity contribution in [3.8, 4) is 0 Å². The van der Waals surface area contributed by atoms with Crippen LogP contribution in [0.1, 0.15) is 17.3 Å². The van der Waals surface area contributed by atoms with E-state index in [2.05, 4.69) is 10.6 Å². The summed E-state index contributed by atoms with van der Waals surface area (Å²) in [6.45, 7) is 2.75. The molecule has 110 valence electrons. The van der Waals surface area contributed by atoms with Crippen LogP contribution in [-0.2, 0) is 0 Å². The van der Waals surface area contributed by atoms with E-state index < -0.39 is 16.9 Å². The lowest BCUT2D eigenvalue weighted by atomic mass is 10.1. The van der Waals surface area contributed by atoms with Crippen molar-refractivity contribution in [2.24, 2.45) is 0 Å². The predicted molar refractivity (Wildman–Crippen MR) is 75.0 cm³/mol. The smallest absolute Gasteiger partial charge is 0.283 e. The molecule has 1 rings (SSSR count). The Hall–Kier alpha value is -1.70. The molecule has 7 nitrogen and oxygen atoms in total. The van der Waals surface area contributed by atoms with E-state index in [1.807, 2.05) is 0 Å². The highest BCUT2D eigenvalue weighted by atomic mass is 35.5. The lowest BCUT2D eigenvalue weighted by Crippen LogP contribution is -2.34. The zero-order valence-corrected chi connectivity index (χ0v) is 11.7. The molecule has 0 heterocycles. The summed E-state index contributed by atoms with van der Waals surface area (Å²) in [4.78, 5) is 22.1. The maximum atomic E-state index is 11.9. The maximum absolute atomic E-state index is 11.9. The molecule has 3 N–H and O–H groups in total. The number of halogens is 1. The van der Waals surface area contributed by atoms with Crippen molar-refractivity contribution in [2.75, 3.05) is 19.6 Å². The molecule has 0 spiro atoms. The van der Waals surface area contributed by atoms with Gasteiger partial charge < -0.3 is 15.7 Å². The number of aliphatic hydroxyl groups excluding tert-OH is 1. The quantitative estimate of drug-likeness (QED) is 0.395. The van der Waals surface area contributed by atoms with Crippen molar-refractivity contribution in [2.45, 2.75) is 13.0 Å². The van der Waals surface area contributed by atoms with Gasteiger partial charge in [-0.2, -0.15) is 0 Å². The first kappa shape index (κ1) is 16.4. The fourth-order valence-corrected chi connectivity index (χ4v) is 1.81. The fourth-order valence-electron chi connectivity index (χ4n) is 1.55. The molecule has 0 saturated carbocycles. The van der Waals surface area contributed by atoms with E-state index in [-0.39, 0.29) is 22.8 Å². The Morgan fingerprint density at radius 1 is 1.50 bits per heavy atom. The molecular weight excluding hydrogens is 286 g/mol. The van der Waals surface area contributed by atoms with E-state index in [1.54, 1.807) is 6.92 Å². The third-order valence-electron chi connectivity index (χ3n) is 2.44. The summed E-state index contributed by atoms with van der Waals surface area (Å²) in [5.41, 5.74) is -0.471. The van der Waals surface area contributed by atoms with Crippen LogP contribution in [0.25, 0.3) is 0 Å². The van der Waals surface area contributed by atoms with Crippen LogP contribution in [0.4, 0.5) is 5.69 Å². The van der Waals surface area contributed by atoms with Gasteiger partial charge in [0, 0.05) is 25.7 Å². The van der Waals surface area contributed by atoms with Gasteiger partial charge in [0.2, 0.25) is 0 Å². The molecule has 0 fully saturated rings. The Bertz CT molecular complexity index is 494. The van der Waals surface area contributed by atoms with Crippen LogP contribution in [0.15, 0.2) is 18.2 Å². The normalized spacial score (nSPS) is 11.9. The Kier molecular flexibility index (Phi) is 6.37. The zero-order valence-electron chi connectivity index (χ0n) is 10.9. The van der Waals surface area contributed by atoms with Gasteiger partial charge in [-0.3, -0.25) is 14.9 Å². The molecule has 1 atom stereocenters. The number of rotatable bonds is 7. The largest absolute Gasteiger partial charge is 0.392 e. The Morgan fingerprint density at radius 2 is 2.20 bits per heavy atom. The number of nitro groups is 1. The minimum absolute atomic E-state index is 0.0358. The van der Waals surface area contributed by atoms with E-state index in [0.717, 1.165) is 0 Å². The first-order chi connectivity index (χ1) is 9.43. The summed E-state index contributed by atoms with van der Waals surface area (Å²) >= 11 is 5.84. The van der Waals surface area contributed by atoms with Crippen LogP contribution in [0.5, 0.6) is 0 Å². The second-order valence-corrected chi connectivity index (χ2v) is 4.61. The van der Waals surface area contributed by atoms with E-state index in [0.29, 0.717) is 13.1 Å². The lowest BCUT2D eigenvalue weighted by Gasteiger charge is -2.09. The number of nitro benzene ring substituents is 1. The summed E-state index contributed by atoms with van der Waals surface area (Å²) in [5, 5.41) is 25.4. The molecular formula is C12H16ClN3O4. The molecule has 1 amide bonds. The van der Waals surface area contributed by atoms with Crippen LogP contribution in [-0.4, -0.2) is 41.7 Å². The number of hydrogen-bond donors (Lipinski definition) is 3. The average molecular weight is 302 g/mol. The number of carbonyl (C=O) groups is 1. The molecule has 0 aliphatic rings. The average Bonchev–Trinajstić information content (AvgIpc) is 2.37. The van der Waals surface area contributed by atoms with Gasteiger partial charge >= 0.3 is 0 Å². The topological polar surface area (TPSA) is 104 Å². The van der Waals surface area contributed by atoms with Crippen molar-refractivity contribution < 1.29 is 14.8 Å². The highest BCUT2D eigenvalue weighted by Crippen LogP contribution is 2.25. The number of hydrogen-bond acceptors (Lipinski definition) is 5. The fraction of sp³-hybridized carbons (Fsp3) is 0.417. The first-order valence-corrected chi connectivity index (χ1v) is 6.41. The predicted octanol–water partition coefficient (Wildman–Crippen LogP) is 0.948. The van der Waals surface area contributed by atoms with Gasteiger partial charge in [0.25, 0.3) is 11.6 Å². The van der Waals surface area contributed by atoms with Crippen molar-refractivity contribution in [3.63, 3.8) is 0 Å². The van der Waals surface area contributed by atoms with Gasteiger partial charge in [0.05, 0.1) is 16.0 Å². The van der Waals surface area contributed by atoms with Gasteiger partial charge in [-0.05, 0) is 13.0 Å². The van der Waals surface area contributed by atoms with Gasteiger partial charge in [0.15, 0.2) is 0 Å². The van der Waals surface area contributed by atoms with E-state index in [9.17, 15) is 14.9 Å². The molecule has 8 heteroatoms. The minimum Gasteiger partial charge on any atom is -0.392 e. The summed E-state index contributed by atoms with van der Waals surface area (Å²) < 4.78 is 0. The summed E-state index contributed by atoms with van der Waals surface area (Å²) in [5.74, 6) is -0.596. The van der Waals surface area contributed by atoms with Crippen LogP contribution in [0, 0.1) is 10.1 Å². The number of amides is 1. The van der Waals surface area contributed by atoms with Crippen molar-refractivity contribution in [1.82, 2.24) is 10.6 Å². The lowest BCUT2D eigenvalue weighted by molar-refractivity contribution is -0.385.